The Morgan fingerprint density at radius 1 is 1.38 bits per heavy atom. The average Bonchev–Trinajstić information content (AvgIpc) is 2.49. The van der Waals surface area contributed by atoms with Gasteiger partial charge in [-0.3, -0.25) is 0 Å². The maximum atomic E-state index is 9.16. The average molecular weight is 347 g/mol. The summed E-state index contributed by atoms with van der Waals surface area (Å²) in [4.78, 5) is 4.32. The number of rotatable bonds is 5. The maximum Gasteiger partial charge on any atom is 0.239 e. The van der Waals surface area contributed by atoms with Gasteiger partial charge in [0.2, 0.25) is 5.88 Å². The third-order valence-corrected chi connectivity index (χ3v) is 3.19. The van der Waals surface area contributed by atoms with Crippen LogP contribution in [0.25, 0.3) is 0 Å². The third kappa shape index (κ3) is 3.86. The van der Waals surface area contributed by atoms with E-state index in [1.165, 1.54) is 0 Å². The van der Waals surface area contributed by atoms with Crippen LogP contribution in [0.3, 0.4) is 0 Å². The van der Waals surface area contributed by atoms with Gasteiger partial charge in [-0.2, -0.15) is 10.2 Å². The quantitative estimate of drug-likeness (QED) is 0.859. The lowest BCUT2D eigenvalue weighted by molar-refractivity contribution is 0.307. The molecule has 0 aliphatic carbocycles. The first kappa shape index (κ1) is 15.1. The van der Waals surface area contributed by atoms with Crippen molar-refractivity contribution >= 4 is 33.1 Å². The lowest BCUT2D eigenvalue weighted by Crippen LogP contribution is -2.03. The molecule has 2 aromatic rings. The van der Waals surface area contributed by atoms with Crippen LogP contribution in [-0.2, 0) is 0 Å². The molecule has 1 heterocycles. The number of ether oxygens (including phenoxy) is 1. The minimum Gasteiger partial charge on any atom is -0.476 e. The Bertz CT molecular complexity index is 682. The molecule has 0 unspecified atom stereocenters. The number of nitrogen functional groups attached to an aromatic ring is 1. The second-order valence-electron chi connectivity index (χ2n) is 4.37. The minimum absolute atomic E-state index is 0.400. The number of nitrogens with two attached hydrogens (primary N) is 1. The van der Waals surface area contributed by atoms with Gasteiger partial charge in [-0.15, -0.1) is 0 Å². The summed E-state index contributed by atoms with van der Waals surface area (Å²) in [6.07, 6.45) is 0.879. The summed E-state index contributed by atoms with van der Waals surface area (Å²) in [5, 5.41) is 12.3. The predicted octanol–water partition coefficient (Wildman–Crippen LogP) is 3.83. The summed E-state index contributed by atoms with van der Waals surface area (Å²) >= 11 is 3.34. The van der Waals surface area contributed by atoms with E-state index in [0.717, 1.165) is 10.9 Å². The van der Waals surface area contributed by atoms with E-state index < -0.39 is 0 Å². The first-order valence-electron chi connectivity index (χ1n) is 6.50. The normalized spacial score (nSPS) is 9.95. The first-order valence-corrected chi connectivity index (χ1v) is 7.29. The molecule has 0 aliphatic heterocycles. The fourth-order valence-electron chi connectivity index (χ4n) is 1.69. The molecule has 6 heteroatoms. The number of halogens is 1. The van der Waals surface area contributed by atoms with Crippen LogP contribution in [0, 0.1) is 11.3 Å². The van der Waals surface area contributed by atoms with Crippen molar-refractivity contribution in [3.05, 3.63) is 40.4 Å². The van der Waals surface area contributed by atoms with Crippen molar-refractivity contribution in [2.45, 2.75) is 13.3 Å². The number of benzene rings is 1. The molecule has 0 fully saturated rings. The fraction of sp³-hybridized carbons (Fsp3) is 0.200. The van der Waals surface area contributed by atoms with Crippen molar-refractivity contribution in [1.82, 2.24) is 4.98 Å². The molecule has 0 amide bonds. The second-order valence-corrected chi connectivity index (χ2v) is 5.28. The van der Waals surface area contributed by atoms with Gasteiger partial charge in [0.25, 0.3) is 0 Å². The van der Waals surface area contributed by atoms with Crippen LogP contribution in [0.4, 0.5) is 17.2 Å². The Labute approximate surface area is 131 Å². The summed E-state index contributed by atoms with van der Waals surface area (Å²) in [6.45, 7) is 2.57. The minimum atomic E-state index is 0.400. The van der Waals surface area contributed by atoms with Gasteiger partial charge in [0.05, 0.1) is 23.5 Å². The number of hydrogen-bond acceptors (Lipinski definition) is 5. The van der Waals surface area contributed by atoms with Gasteiger partial charge < -0.3 is 15.8 Å². The first-order chi connectivity index (χ1) is 10.1. The van der Waals surface area contributed by atoms with E-state index in [0.29, 0.717) is 35.2 Å². The highest BCUT2D eigenvalue weighted by atomic mass is 79.9. The van der Waals surface area contributed by atoms with Crippen molar-refractivity contribution in [3.8, 4) is 11.9 Å². The molecular weight excluding hydrogens is 332 g/mol. The monoisotopic (exact) mass is 346 g/mol. The molecule has 21 heavy (non-hydrogen) atoms. The molecule has 0 bridgehead atoms. The van der Waals surface area contributed by atoms with E-state index in [1.54, 1.807) is 18.2 Å². The van der Waals surface area contributed by atoms with E-state index in [-0.39, 0.29) is 0 Å². The lowest BCUT2D eigenvalue weighted by atomic mass is 10.2. The predicted molar refractivity (Wildman–Crippen MR) is 86.6 cm³/mol. The van der Waals surface area contributed by atoms with Crippen LogP contribution >= 0.6 is 15.9 Å². The molecule has 5 nitrogen and oxygen atoms in total. The number of pyridine rings is 1. The van der Waals surface area contributed by atoms with E-state index in [2.05, 4.69) is 32.3 Å². The topological polar surface area (TPSA) is 84.0 Å². The smallest absolute Gasteiger partial charge is 0.239 e. The SMILES string of the molecule is CCCOc1nc(Nc2ccc(Br)cc2C#N)ccc1N. The van der Waals surface area contributed by atoms with Crippen molar-refractivity contribution in [2.24, 2.45) is 0 Å². The molecular formula is C15H15BrN4O. The maximum absolute atomic E-state index is 9.16. The van der Waals surface area contributed by atoms with Crippen molar-refractivity contribution in [1.29, 1.82) is 5.26 Å². The molecule has 0 atom stereocenters. The highest BCUT2D eigenvalue weighted by Gasteiger charge is 2.07. The zero-order valence-electron chi connectivity index (χ0n) is 11.6. The van der Waals surface area contributed by atoms with E-state index in [4.69, 9.17) is 15.7 Å². The van der Waals surface area contributed by atoms with Crippen molar-refractivity contribution in [3.63, 3.8) is 0 Å². The number of aromatic nitrogens is 1. The van der Waals surface area contributed by atoms with Crippen LogP contribution in [-0.4, -0.2) is 11.6 Å². The summed E-state index contributed by atoms with van der Waals surface area (Å²) in [6, 6.07) is 11.0. The number of hydrogen-bond donors (Lipinski definition) is 2. The van der Waals surface area contributed by atoms with Crippen LogP contribution in [0.2, 0.25) is 0 Å². The third-order valence-electron chi connectivity index (χ3n) is 2.70. The van der Waals surface area contributed by atoms with Gasteiger partial charge >= 0.3 is 0 Å². The summed E-state index contributed by atoms with van der Waals surface area (Å²) in [7, 11) is 0. The molecule has 108 valence electrons. The Hall–Kier alpha value is -2.26. The molecule has 0 saturated heterocycles. The molecule has 3 N–H and O–H groups in total. The Morgan fingerprint density at radius 2 is 2.19 bits per heavy atom. The molecule has 2 rings (SSSR count). The highest BCUT2D eigenvalue weighted by Crippen LogP contribution is 2.26. The standard InChI is InChI=1S/C15H15BrN4O/c1-2-7-21-15-12(18)4-6-14(20-15)19-13-5-3-11(16)8-10(13)9-17/h3-6,8H,2,7,18H2,1H3,(H,19,20). The Morgan fingerprint density at radius 3 is 2.90 bits per heavy atom. The molecule has 1 aromatic heterocycles. The molecule has 0 aliphatic rings. The second kappa shape index (κ2) is 6.95. The summed E-state index contributed by atoms with van der Waals surface area (Å²) in [5.41, 5.74) is 7.52. The zero-order valence-corrected chi connectivity index (χ0v) is 13.1. The summed E-state index contributed by atoms with van der Waals surface area (Å²) < 4.78 is 6.34. The fourth-order valence-corrected chi connectivity index (χ4v) is 2.05. The van der Waals surface area contributed by atoms with E-state index >= 15 is 0 Å². The Kier molecular flexibility index (Phi) is 5.01. The molecule has 0 radical (unpaired) electrons. The van der Waals surface area contributed by atoms with Crippen LogP contribution in [0.5, 0.6) is 5.88 Å². The lowest BCUT2D eigenvalue weighted by Gasteiger charge is -2.11. The van der Waals surface area contributed by atoms with Gasteiger partial charge in [-0.1, -0.05) is 22.9 Å². The van der Waals surface area contributed by atoms with Gasteiger partial charge in [-0.05, 0) is 36.8 Å². The van der Waals surface area contributed by atoms with Gasteiger partial charge in [-0.25, -0.2) is 0 Å². The largest absolute Gasteiger partial charge is 0.476 e. The van der Waals surface area contributed by atoms with E-state index in [1.807, 2.05) is 19.1 Å². The van der Waals surface area contributed by atoms with Crippen molar-refractivity contribution in [2.75, 3.05) is 17.7 Å². The van der Waals surface area contributed by atoms with Crippen LogP contribution < -0.4 is 15.8 Å². The number of nitrogens with one attached hydrogen (secondary N) is 1. The molecule has 1 aromatic carbocycles. The Balaban J connectivity index is 2.26. The molecule has 0 saturated carbocycles. The van der Waals surface area contributed by atoms with Gasteiger partial charge in [0, 0.05) is 4.47 Å². The molecule has 0 spiro atoms. The van der Waals surface area contributed by atoms with Crippen LogP contribution in [0.1, 0.15) is 18.9 Å². The van der Waals surface area contributed by atoms with Crippen LogP contribution in [0.15, 0.2) is 34.8 Å². The van der Waals surface area contributed by atoms with Gasteiger partial charge in [0.1, 0.15) is 11.9 Å². The van der Waals surface area contributed by atoms with E-state index in [9.17, 15) is 0 Å². The highest BCUT2D eigenvalue weighted by molar-refractivity contribution is 9.10. The van der Waals surface area contributed by atoms with Crippen molar-refractivity contribution < 1.29 is 4.74 Å². The van der Waals surface area contributed by atoms with Gasteiger partial charge in [0.15, 0.2) is 0 Å². The number of nitrogens with zero attached hydrogens (tertiary/aromatic N) is 2. The number of anilines is 3. The number of nitriles is 1. The zero-order chi connectivity index (χ0) is 15.2. The summed E-state index contributed by atoms with van der Waals surface area (Å²) in [5.74, 6) is 0.978.